The number of nitrogens with one attached hydrogen (secondary N) is 8. The maximum absolute atomic E-state index is 14.5. The lowest BCUT2D eigenvalue weighted by molar-refractivity contribution is -0.148. The second-order valence-electron chi connectivity index (χ2n) is 18.1. The van der Waals surface area contributed by atoms with Crippen LogP contribution in [0.15, 0.2) is 41.8 Å². The monoisotopic (exact) mass is 982 g/mol. The van der Waals surface area contributed by atoms with E-state index in [1.54, 1.807) is 40.0 Å². The van der Waals surface area contributed by atoms with Gasteiger partial charge in [0, 0.05) is 37.8 Å². The molecule has 1 saturated heterocycles. The van der Waals surface area contributed by atoms with Crippen LogP contribution in [0.25, 0.3) is 0 Å². The molecule has 1 aliphatic heterocycles. The lowest BCUT2D eigenvalue weighted by Crippen LogP contribution is -2.62. The van der Waals surface area contributed by atoms with Gasteiger partial charge in [0.25, 0.3) is 0 Å². The molecule has 1 aliphatic rings. The van der Waals surface area contributed by atoms with E-state index < -0.39 is 101 Å². The van der Waals surface area contributed by atoms with Gasteiger partial charge in [0.2, 0.25) is 41.4 Å². The van der Waals surface area contributed by atoms with Gasteiger partial charge < -0.3 is 68.4 Å². The molecule has 7 amide bonds. The number of guanidine groups is 1. The van der Waals surface area contributed by atoms with Gasteiger partial charge >= 0.3 is 5.97 Å². The van der Waals surface area contributed by atoms with Crippen LogP contribution in [0.2, 0.25) is 0 Å². The van der Waals surface area contributed by atoms with Gasteiger partial charge in [-0.3, -0.25) is 38.6 Å². The topological polar surface area (TPSA) is 347 Å². The lowest BCUT2D eigenvalue weighted by atomic mass is 9.96. The highest BCUT2D eigenvalue weighted by Crippen LogP contribution is 2.22. The first-order valence-corrected chi connectivity index (χ1v) is 23.9. The molecule has 13 N–H and O–H groups in total. The van der Waals surface area contributed by atoms with Crippen LogP contribution in [-0.4, -0.2) is 149 Å². The van der Waals surface area contributed by atoms with Crippen molar-refractivity contribution in [3.05, 3.63) is 48.0 Å². The molecule has 23 heteroatoms. The highest BCUT2D eigenvalue weighted by atomic mass is 16.5. The van der Waals surface area contributed by atoms with Crippen molar-refractivity contribution in [2.75, 3.05) is 33.8 Å². The number of imidazole rings is 1. The van der Waals surface area contributed by atoms with Gasteiger partial charge in [0.05, 0.1) is 20.0 Å². The number of rotatable bonds is 28. The number of ether oxygens (including phenoxy) is 1. The number of aromatic amines is 1. The molecule has 9 atom stereocenters. The van der Waals surface area contributed by atoms with Crippen molar-refractivity contribution >= 4 is 53.3 Å². The molecule has 0 spiro atoms. The van der Waals surface area contributed by atoms with E-state index >= 15 is 0 Å². The number of likely N-dealkylation sites (tertiary alicyclic amines) is 1. The van der Waals surface area contributed by atoms with Crippen molar-refractivity contribution in [2.45, 2.75) is 135 Å². The lowest BCUT2D eigenvalue weighted by Gasteiger charge is -2.32. The third-order valence-corrected chi connectivity index (χ3v) is 12.4. The van der Waals surface area contributed by atoms with Crippen LogP contribution in [0.1, 0.15) is 91.3 Å². The number of carbonyl (C=O) groups excluding carboxylic acids is 8. The minimum Gasteiger partial charge on any atom is -0.508 e. The Hall–Kier alpha value is -6.78. The summed E-state index contributed by atoms with van der Waals surface area (Å²) in [5.74, 6) is -6.49. The number of phenolic OH excluding ortho intramolecular Hbond substituents is 1. The number of carbonyl (C=O) groups is 8. The smallest absolute Gasteiger partial charge is 0.328 e. The van der Waals surface area contributed by atoms with Crippen molar-refractivity contribution in [3.8, 4) is 5.75 Å². The summed E-state index contributed by atoms with van der Waals surface area (Å²) in [5.41, 5.74) is 11.9. The molecular weight excluding hydrogens is 907 g/mol. The fraction of sp³-hybridized carbons (Fsp3) is 0.617. The molecule has 388 valence electrons. The zero-order chi connectivity index (χ0) is 52.1. The van der Waals surface area contributed by atoms with Crippen molar-refractivity contribution in [1.29, 1.82) is 0 Å². The molecule has 23 nitrogen and oxygen atoms in total. The largest absolute Gasteiger partial charge is 0.508 e. The first-order chi connectivity index (χ1) is 33.2. The summed E-state index contributed by atoms with van der Waals surface area (Å²) in [6.45, 7) is 10.9. The number of likely N-dealkylation sites (N-methyl/N-ethyl adjacent to an activating group) is 1. The zero-order valence-electron chi connectivity index (χ0n) is 41.6. The summed E-state index contributed by atoms with van der Waals surface area (Å²) in [6, 6.07) is -2.00. The van der Waals surface area contributed by atoms with E-state index in [0.29, 0.717) is 43.4 Å². The number of aromatic nitrogens is 2. The molecule has 1 fully saturated rings. The summed E-state index contributed by atoms with van der Waals surface area (Å²) < 4.78 is 4.95. The average molecular weight is 982 g/mol. The molecular formula is C47H75N13O10. The molecule has 0 radical (unpaired) electrons. The van der Waals surface area contributed by atoms with Gasteiger partial charge in [0.1, 0.15) is 48.0 Å². The molecule has 0 aliphatic carbocycles. The number of nitrogens with two attached hydrogens (primary N) is 2. The third kappa shape index (κ3) is 17.6. The standard InChI is InChI=1S/C47H75N13O10/c1-9-27(5)38(44(67)56-34(22-30-23-51-25-53-30)45(68)60-20-12-14-35(60)42(65)59-39(28(6)10-2)46(69)70-8)58-41(64)33(21-29-15-17-31(61)18-16-29)55-43(66)37(26(3)4)57-40(63)32(54-36(62)24-50-7)13-11-19-52-47(48)49/h15-18,23,25-28,32-35,37-39,50,61H,9-14,19-22,24H2,1-8H3,(H,51,53)(H,54,62)(H,55,66)(H,56,67)(H,57,63)(H,58,64)(H,59,65)(H4,48,49,52)/t27?,28?,32-,33-,34-,35-,37-,38-,39-/m0/s1. The normalized spacial score (nSPS) is 16.8. The molecule has 3 rings (SSSR count). The van der Waals surface area contributed by atoms with E-state index in [0.717, 1.165) is 0 Å². The number of nitrogens with zero attached hydrogens (tertiary/aromatic N) is 3. The molecule has 70 heavy (non-hydrogen) atoms. The Kier molecular flexibility index (Phi) is 23.5. The fourth-order valence-corrected chi connectivity index (χ4v) is 7.89. The quantitative estimate of drug-likeness (QED) is 0.0211. The first-order valence-electron chi connectivity index (χ1n) is 23.9. The van der Waals surface area contributed by atoms with Gasteiger partial charge in [-0.05, 0) is 68.2 Å². The number of amides is 7. The van der Waals surface area contributed by atoms with Crippen LogP contribution in [0.3, 0.4) is 0 Å². The van der Waals surface area contributed by atoms with E-state index in [9.17, 15) is 43.5 Å². The molecule has 2 aromatic rings. The van der Waals surface area contributed by atoms with E-state index in [2.05, 4.69) is 52.2 Å². The first kappa shape index (κ1) is 57.5. The van der Waals surface area contributed by atoms with E-state index in [1.807, 2.05) is 20.8 Å². The second-order valence-corrected chi connectivity index (χ2v) is 18.1. The molecule has 1 aromatic heterocycles. The summed E-state index contributed by atoms with van der Waals surface area (Å²) in [4.78, 5) is 123. The number of hydrogen-bond donors (Lipinski definition) is 11. The molecule has 0 bridgehead atoms. The van der Waals surface area contributed by atoms with E-state index in [4.69, 9.17) is 16.2 Å². The third-order valence-electron chi connectivity index (χ3n) is 12.4. The minimum absolute atomic E-state index is 0.0314. The Labute approximate surface area is 409 Å². The SMILES string of the molecule is CCC(C)[C@H](NC(=O)[C@H](Cc1ccc(O)cc1)NC(=O)[C@@H](NC(=O)[C@H](CCCN=C(N)N)NC(=O)CNC)C(C)C)C(=O)N[C@@H](Cc1cnc[nH]1)C(=O)N1CCC[C@H]1C(=O)N[C@H](C(=O)OC)C(C)CC. The molecule has 2 unspecified atom stereocenters. The number of H-pyrrole nitrogens is 1. The number of hydrogen-bond acceptors (Lipinski definition) is 13. The van der Waals surface area contributed by atoms with E-state index in [-0.39, 0.29) is 56.5 Å². The predicted octanol–water partition coefficient (Wildman–Crippen LogP) is -1.01. The van der Waals surface area contributed by atoms with Crippen LogP contribution in [0.4, 0.5) is 0 Å². The van der Waals surface area contributed by atoms with E-state index in [1.165, 1.54) is 36.7 Å². The Morgan fingerprint density at radius 3 is 2.01 bits per heavy atom. The molecule has 0 saturated carbocycles. The Bertz CT molecular complexity index is 2080. The maximum atomic E-state index is 14.5. The summed E-state index contributed by atoms with van der Waals surface area (Å²) in [6.07, 6.45) is 4.99. The zero-order valence-corrected chi connectivity index (χ0v) is 41.6. The number of esters is 1. The highest BCUT2D eigenvalue weighted by Gasteiger charge is 2.41. The maximum Gasteiger partial charge on any atom is 0.328 e. The summed E-state index contributed by atoms with van der Waals surface area (Å²) >= 11 is 0. The van der Waals surface area contributed by atoms with Gasteiger partial charge in [0.15, 0.2) is 5.96 Å². The van der Waals surface area contributed by atoms with Crippen LogP contribution < -0.4 is 48.7 Å². The van der Waals surface area contributed by atoms with Gasteiger partial charge in [-0.2, -0.15) is 0 Å². The number of aromatic hydroxyl groups is 1. The molecule has 1 aromatic carbocycles. The van der Waals surface area contributed by atoms with Gasteiger partial charge in [-0.1, -0.05) is 66.5 Å². The fourth-order valence-electron chi connectivity index (χ4n) is 7.89. The van der Waals surface area contributed by atoms with Crippen molar-refractivity contribution < 1.29 is 48.2 Å². The second kappa shape index (κ2) is 28.6. The van der Waals surface area contributed by atoms with Crippen molar-refractivity contribution in [2.24, 2.45) is 34.2 Å². The Balaban J connectivity index is 1.93. The predicted molar refractivity (Wildman–Crippen MR) is 260 cm³/mol. The number of phenols is 1. The number of methoxy groups -OCH3 is 1. The van der Waals surface area contributed by atoms with Gasteiger partial charge in [-0.15, -0.1) is 0 Å². The van der Waals surface area contributed by atoms with Crippen LogP contribution >= 0.6 is 0 Å². The van der Waals surface area contributed by atoms with Crippen molar-refractivity contribution in [1.82, 2.24) is 52.1 Å². The minimum atomic E-state index is -1.34. The summed E-state index contributed by atoms with van der Waals surface area (Å²) in [5, 5.41) is 29.3. The van der Waals surface area contributed by atoms with Crippen LogP contribution in [-0.2, 0) is 55.9 Å². The van der Waals surface area contributed by atoms with Crippen molar-refractivity contribution in [3.63, 3.8) is 0 Å². The highest BCUT2D eigenvalue weighted by molar-refractivity contribution is 5.98. The average Bonchev–Trinajstić information content (AvgIpc) is 4.05. The number of benzene rings is 1. The molecule has 2 heterocycles. The number of aliphatic imine (C=N–C) groups is 1. The van der Waals surface area contributed by atoms with Gasteiger partial charge in [-0.25, -0.2) is 9.78 Å². The Morgan fingerprint density at radius 2 is 1.43 bits per heavy atom. The van der Waals surface area contributed by atoms with Crippen LogP contribution in [0, 0.1) is 17.8 Å². The summed E-state index contributed by atoms with van der Waals surface area (Å²) in [7, 11) is 2.81. The Morgan fingerprint density at radius 1 is 0.814 bits per heavy atom. The van der Waals surface area contributed by atoms with Crippen LogP contribution in [0.5, 0.6) is 5.75 Å².